The minimum Gasteiger partial charge on any atom is -0.337 e. The second-order valence-electron chi connectivity index (χ2n) is 6.43. The van der Waals surface area contributed by atoms with Crippen LogP contribution in [0.5, 0.6) is 0 Å². The standard InChI is InChI=1S/C18H19N5O2S/c24-18(15-11-26-12-20-15)23-8-2-3-13(10-23)5-6-16-21-17(25-22-16)14-4-1-7-19-9-14/h1,4,7,9,11-13H,2-3,5-6,8,10H2. The van der Waals surface area contributed by atoms with Gasteiger partial charge in [-0.2, -0.15) is 4.98 Å². The molecule has 0 bridgehead atoms. The molecule has 4 heterocycles. The summed E-state index contributed by atoms with van der Waals surface area (Å²) in [5.41, 5.74) is 3.07. The topological polar surface area (TPSA) is 85.0 Å². The van der Waals surface area contributed by atoms with Gasteiger partial charge < -0.3 is 9.42 Å². The van der Waals surface area contributed by atoms with Gasteiger partial charge in [0.15, 0.2) is 5.82 Å². The normalized spacial score (nSPS) is 17.4. The second-order valence-corrected chi connectivity index (χ2v) is 7.15. The van der Waals surface area contributed by atoms with Crippen LogP contribution in [0.4, 0.5) is 0 Å². The van der Waals surface area contributed by atoms with Gasteiger partial charge in [-0.25, -0.2) is 4.98 Å². The maximum absolute atomic E-state index is 12.5. The maximum Gasteiger partial charge on any atom is 0.273 e. The Kier molecular flexibility index (Phi) is 5.01. The molecule has 1 saturated heterocycles. The average molecular weight is 369 g/mol. The Morgan fingerprint density at radius 1 is 1.42 bits per heavy atom. The van der Waals surface area contributed by atoms with E-state index in [1.165, 1.54) is 11.3 Å². The fraction of sp³-hybridized carbons (Fsp3) is 0.389. The van der Waals surface area contributed by atoms with Gasteiger partial charge in [0.2, 0.25) is 0 Å². The molecule has 26 heavy (non-hydrogen) atoms. The van der Waals surface area contributed by atoms with Crippen LogP contribution in [0.2, 0.25) is 0 Å². The van der Waals surface area contributed by atoms with E-state index >= 15 is 0 Å². The zero-order valence-electron chi connectivity index (χ0n) is 14.2. The highest BCUT2D eigenvalue weighted by Gasteiger charge is 2.25. The molecular weight excluding hydrogens is 350 g/mol. The number of piperidine rings is 1. The van der Waals surface area contributed by atoms with Crippen molar-refractivity contribution in [1.29, 1.82) is 0 Å². The Morgan fingerprint density at radius 2 is 2.38 bits per heavy atom. The molecule has 0 saturated carbocycles. The molecule has 1 atom stereocenters. The van der Waals surface area contributed by atoms with Gasteiger partial charge in [-0.05, 0) is 37.3 Å². The van der Waals surface area contributed by atoms with E-state index in [9.17, 15) is 4.79 Å². The van der Waals surface area contributed by atoms with Crippen LogP contribution in [0, 0.1) is 5.92 Å². The lowest BCUT2D eigenvalue weighted by Crippen LogP contribution is -2.40. The first-order valence-electron chi connectivity index (χ1n) is 8.70. The van der Waals surface area contributed by atoms with Crippen molar-refractivity contribution in [1.82, 2.24) is 25.0 Å². The third-order valence-corrected chi connectivity index (χ3v) is 5.20. The van der Waals surface area contributed by atoms with Crippen molar-refractivity contribution in [2.45, 2.75) is 25.7 Å². The largest absolute Gasteiger partial charge is 0.337 e. The number of likely N-dealkylation sites (tertiary alicyclic amines) is 1. The predicted molar refractivity (Wildman–Crippen MR) is 96.6 cm³/mol. The van der Waals surface area contributed by atoms with Crippen LogP contribution in [0.15, 0.2) is 39.9 Å². The van der Waals surface area contributed by atoms with E-state index in [0.29, 0.717) is 23.3 Å². The van der Waals surface area contributed by atoms with E-state index in [1.807, 2.05) is 22.4 Å². The summed E-state index contributed by atoms with van der Waals surface area (Å²) < 4.78 is 5.33. The molecule has 134 valence electrons. The molecule has 8 heteroatoms. The van der Waals surface area contributed by atoms with Crippen LogP contribution in [-0.2, 0) is 6.42 Å². The molecule has 3 aromatic heterocycles. The fourth-order valence-corrected chi connectivity index (χ4v) is 3.79. The third-order valence-electron chi connectivity index (χ3n) is 4.61. The summed E-state index contributed by atoms with van der Waals surface area (Å²) in [5.74, 6) is 1.69. The number of aryl methyl sites for hydroxylation is 1. The highest BCUT2D eigenvalue weighted by Crippen LogP contribution is 2.23. The Bertz CT molecular complexity index is 850. The molecule has 1 amide bonds. The van der Waals surface area contributed by atoms with Gasteiger partial charge in [0.1, 0.15) is 5.69 Å². The fourth-order valence-electron chi connectivity index (χ4n) is 3.26. The Balaban J connectivity index is 1.33. The van der Waals surface area contributed by atoms with Crippen LogP contribution in [0.1, 0.15) is 35.6 Å². The summed E-state index contributed by atoms with van der Waals surface area (Å²) in [6.45, 7) is 1.57. The lowest BCUT2D eigenvalue weighted by atomic mass is 9.93. The summed E-state index contributed by atoms with van der Waals surface area (Å²) in [6, 6.07) is 3.74. The van der Waals surface area contributed by atoms with Gasteiger partial charge in [-0.15, -0.1) is 11.3 Å². The van der Waals surface area contributed by atoms with Crippen LogP contribution in [0.25, 0.3) is 11.5 Å². The Hall–Kier alpha value is -2.61. The van der Waals surface area contributed by atoms with E-state index < -0.39 is 0 Å². The molecular formula is C18H19N5O2S. The third kappa shape index (κ3) is 3.80. The van der Waals surface area contributed by atoms with E-state index in [1.54, 1.807) is 17.9 Å². The number of thiazole rings is 1. The van der Waals surface area contributed by atoms with Crippen LogP contribution >= 0.6 is 11.3 Å². The molecule has 0 N–H and O–H groups in total. The van der Waals surface area contributed by atoms with Gasteiger partial charge in [-0.1, -0.05) is 5.16 Å². The number of carbonyl (C=O) groups excluding carboxylic acids is 1. The first-order valence-corrected chi connectivity index (χ1v) is 9.64. The lowest BCUT2D eigenvalue weighted by molar-refractivity contribution is 0.0663. The maximum atomic E-state index is 12.5. The van der Waals surface area contributed by atoms with Gasteiger partial charge in [-0.3, -0.25) is 9.78 Å². The molecule has 4 rings (SSSR count). The molecule has 0 spiro atoms. The van der Waals surface area contributed by atoms with E-state index in [2.05, 4.69) is 20.1 Å². The highest BCUT2D eigenvalue weighted by molar-refractivity contribution is 7.07. The Labute approximate surface area is 155 Å². The number of nitrogens with zero attached hydrogens (tertiary/aromatic N) is 5. The minimum absolute atomic E-state index is 0.0365. The first-order chi connectivity index (χ1) is 12.8. The minimum atomic E-state index is 0.0365. The molecule has 1 aliphatic rings. The van der Waals surface area contributed by atoms with Crippen molar-refractivity contribution < 1.29 is 9.32 Å². The van der Waals surface area contributed by atoms with Crippen molar-refractivity contribution in [2.75, 3.05) is 13.1 Å². The number of pyridine rings is 1. The number of amides is 1. The van der Waals surface area contributed by atoms with Crippen molar-refractivity contribution in [2.24, 2.45) is 5.92 Å². The SMILES string of the molecule is O=C(c1cscn1)N1CCCC(CCc2noc(-c3cccnc3)n2)C1. The van der Waals surface area contributed by atoms with Crippen molar-refractivity contribution >= 4 is 17.2 Å². The Morgan fingerprint density at radius 3 is 3.19 bits per heavy atom. The number of carbonyl (C=O) groups is 1. The van der Waals surface area contributed by atoms with Gasteiger partial charge in [0, 0.05) is 37.3 Å². The van der Waals surface area contributed by atoms with Crippen LogP contribution < -0.4 is 0 Å². The summed E-state index contributed by atoms with van der Waals surface area (Å²) >= 11 is 1.45. The molecule has 0 radical (unpaired) electrons. The summed E-state index contributed by atoms with van der Waals surface area (Å²) in [6.07, 6.45) is 7.24. The van der Waals surface area contributed by atoms with E-state index in [4.69, 9.17) is 4.52 Å². The summed E-state index contributed by atoms with van der Waals surface area (Å²) in [7, 11) is 0. The predicted octanol–water partition coefficient (Wildman–Crippen LogP) is 3.07. The quantitative estimate of drug-likeness (QED) is 0.687. The lowest BCUT2D eigenvalue weighted by Gasteiger charge is -2.32. The molecule has 3 aromatic rings. The van der Waals surface area contributed by atoms with Crippen molar-refractivity contribution in [3.05, 3.63) is 46.9 Å². The molecule has 0 aromatic carbocycles. The number of aromatic nitrogens is 4. The smallest absolute Gasteiger partial charge is 0.273 e. The van der Waals surface area contributed by atoms with Crippen molar-refractivity contribution in [3.63, 3.8) is 0 Å². The number of hydrogen-bond acceptors (Lipinski definition) is 7. The zero-order valence-corrected chi connectivity index (χ0v) is 15.1. The molecule has 1 fully saturated rings. The first kappa shape index (κ1) is 16.8. The molecule has 7 nitrogen and oxygen atoms in total. The van der Waals surface area contributed by atoms with Crippen LogP contribution in [0.3, 0.4) is 0 Å². The zero-order chi connectivity index (χ0) is 17.8. The molecule has 1 unspecified atom stereocenters. The van der Waals surface area contributed by atoms with Gasteiger partial charge >= 0.3 is 0 Å². The van der Waals surface area contributed by atoms with E-state index in [0.717, 1.165) is 44.3 Å². The van der Waals surface area contributed by atoms with Crippen LogP contribution in [-0.4, -0.2) is 44.0 Å². The number of hydrogen-bond donors (Lipinski definition) is 0. The average Bonchev–Trinajstić information content (AvgIpc) is 3.39. The van der Waals surface area contributed by atoms with Gasteiger partial charge in [0.25, 0.3) is 11.8 Å². The monoisotopic (exact) mass is 369 g/mol. The van der Waals surface area contributed by atoms with E-state index in [-0.39, 0.29) is 5.91 Å². The van der Waals surface area contributed by atoms with Crippen molar-refractivity contribution in [3.8, 4) is 11.5 Å². The highest BCUT2D eigenvalue weighted by atomic mass is 32.1. The number of rotatable bonds is 5. The molecule has 1 aliphatic heterocycles. The molecule has 0 aliphatic carbocycles. The summed E-state index contributed by atoms with van der Waals surface area (Å²) in [4.78, 5) is 27.0. The summed E-state index contributed by atoms with van der Waals surface area (Å²) in [5, 5.41) is 5.88. The second kappa shape index (κ2) is 7.74. The van der Waals surface area contributed by atoms with Gasteiger partial charge in [0.05, 0.1) is 11.1 Å².